The van der Waals surface area contributed by atoms with Crippen molar-refractivity contribution in [3.8, 4) is 5.75 Å². The van der Waals surface area contributed by atoms with E-state index in [-0.39, 0.29) is 11.3 Å². The van der Waals surface area contributed by atoms with Crippen molar-refractivity contribution in [1.82, 2.24) is 0 Å². The average molecular weight is 213 g/mol. The van der Waals surface area contributed by atoms with Crippen LogP contribution in [-0.2, 0) is 0 Å². The molecular weight excluding hydrogens is 205 g/mol. The van der Waals surface area contributed by atoms with Gasteiger partial charge in [-0.25, -0.2) is 4.39 Å². The Hall–Kier alpha value is -1.98. The van der Waals surface area contributed by atoms with E-state index in [0.717, 1.165) is 6.07 Å². The number of nitro benzene ring substituents is 1. The summed E-state index contributed by atoms with van der Waals surface area (Å²) in [7, 11) is 1.21. The van der Waals surface area contributed by atoms with Gasteiger partial charge in [-0.05, 0) is 6.92 Å². The molecule has 0 unspecified atom stereocenters. The molecule has 5 nitrogen and oxygen atoms in total. The number of nitro groups is 1. The maximum atomic E-state index is 13.2. The van der Waals surface area contributed by atoms with Crippen LogP contribution in [0.5, 0.6) is 5.75 Å². The zero-order chi connectivity index (χ0) is 11.6. The summed E-state index contributed by atoms with van der Waals surface area (Å²) in [5.41, 5.74) is -0.725. The van der Waals surface area contributed by atoms with E-state index in [2.05, 4.69) is 0 Å². The highest BCUT2D eigenvalue weighted by atomic mass is 19.1. The molecule has 0 heterocycles. The summed E-state index contributed by atoms with van der Waals surface area (Å²) >= 11 is 0. The van der Waals surface area contributed by atoms with E-state index in [1.165, 1.54) is 14.0 Å². The standard InChI is InChI=1S/C9H8FNO4/c1-5(12)6-3-9(15-2)8(11(13)14)4-7(6)10/h3-4H,1-2H3. The van der Waals surface area contributed by atoms with E-state index in [4.69, 9.17) is 4.74 Å². The van der Waals surface area contributed by atoms with Crippen LogP contribution in [0.3, 0.4) is 0 Å². The van der Waals surface area contributed by atoms with E-state index in [9.17, 15) is 19.3 Å². The molecule has 0 aliphatic heterocycles. The maximum absolute atomic E-state index is 13.2. The molecule has 80 valence electrons. The van der Waals surface area contributed by atoms with E-state index < -0.39 is 22.2 Å². The van der Waals surface area contributed by atoms with Crippen molar-refractivity contribution >= 4 is 11.5 Å². The van der Waals surface area contributed by atoms with Gasteiger partial charge in [0, 0.05) is 6.07 Å². The number of methoxy groups -OCH3 is 1. The highest BCUT2D eigenvalue weighted by Gasteiger charge is 2.20. The normalized spacial score (nSPS) is 9.80. The zero-order valence-electron chi connectivity index (χ0n) is 8.11. The van der Waals surface area contributed by atoms with Crippen LogP contribution in [0.25, 0.3) is 0 Å². The summed E-state index contributed by atoms with van der Waals surface area (Å²) in [5, 5.41) is 10.5. The molecule has 6 heteroatoms. The lowest BCUT2D eigenvalue weighted by molar-refractivity contribution is -0.385. The molecular formula is C9H8FNO4. The molecule has 0 atom stereocenters. The van der Waals surface area contributed by atoms with Gasteiger partial charge >= 0.3 is 5.69 Å². The topological polar surface area (TPSA) is 69.4 Å². The fraction of sp³-hybridized carbons (Fsp3) is 0.222. The average Bonchev–Trinajstić information content (AvgIpc) is 2.16. The first-order chi connectivity index (χ1) is 6.97. The largest absolute Gasteiger partial charge is 0.490 e. The number of hydrogen-bond acceptors (Lipinski definition) is 4. The smallest absolute Gasteiger partial charge is 0.313 e. The van der Waals surface area contributed by atoms with Gasteiger partial charge in [0.15, 0.2) is 11.5 Å². The summed E-state index contributed by atoms with van der Waals surface area (Å²) in [6.07, 6.45) is 0. The van der Waals surface area contributed by atoms with Crippen LogP contribution in [0, 0.1) is 15.9 Å². The van der Waals surface area contributed by atoms with Gasteiger partial charge in [-0.1, -0.05) is 0 Å². The van der Waals surface area contributed by atoms with Crippen molar-refractivity contribution in [3.05, 3.63) is 33.6 Å². The molecule has 0 aliphatic rings. The van der Waals surface area contributed by atoms with Gasteiger partial charge in [0.1, 0.15) is 5.82 Å². The van der Waals surface area contributed by atoms with Crippen molar-refractivity contribution in [2.45, 2.75) is 6.92 Å². The van der Waals surface area contributed by atoms with Crippen LogP contribution in [-0.4, -0.2) is 17.8 Å². The highest BCUT2D eigenvalue weighted by molar-refractivity contribution is 5.95. The molecule has 15 heavy (non-hydrogen) atoms. The number of ether oxygens (including phenoxy) is 1. The number of hydrogen-bond donors (Lipinski definition) is 0. The summed E-state index contributed by atoms with van der Waals surface area (Å²) in [4.78, 5) is 20.7. The molecule has 0 N–H and O–H groups in total. The summed E-state index contributed by atoms with van der Waals surface area (Å²) in [6.45, 7) is 1.17. The summed E-state index contributed by atoms with van der Waals surface area (Å²) in [5.74, 6) is -1.57. The molecule has 1 aromatic carbocycles. The van der Waals surface area contributed by atoms with Crippen LogP contribution in [0.2, 0.25) is 0 Å². The van der Waals surface area contributed by atoms with Crippen molar-refractivity contribution < 1.29 is 18.8 Å². The fourth-order valence-corrected chi connectivity index (χ4v) is 1.12. The Morgan fingerprint density at radius 2 is 2.13 bits per heavy atom. The second kappa shape index (κ2) is 4.04. The van der Waals surface area contributed by atoms with Crippen LogP contribution >= 0.6 is 0 Å². The van der Waals surface area contributed by atoms with Gasteiger partial charge in [0.2, 0.25) is 0 Å². The second-order valence-electron chi connectivity index (χ2n) is 2.82. The molecule has 0 saturated carbocycles. The molecule has 1 aromatic rings. The number of ketones is 1. The first kappa shape index (κ1) is 11.1. The fourth-order valence-electron chi connectivity index (χ4n) is 1.12. The Kier molecular flexibility index (Phi) is 2.99. The Labute approximate surface area is 84.6 Å². The molecule has 0 bridgehead atoms. The Morgan fingerprint density at radius 3 is 2.53 bits per heavy atom. The molecule has 0 radical (unpaired) electrons. The van der Waals surface area contributed by atoms with Crippen LogP contribution in [0.15, 0.2) is 12.1 Å². The lowest BCUT2D eigenvalue weighted by Gasteiger charge is -2.04. The summed E-state index contributed by atoms with van der Waals surface area (Å²) in [6, 6.07) is 1.70. The van der Waals surface area contributed by atoms with Crippen LogP contribution < -0.4 is 4.74 Å². The quantitative estimate of drug-likeness (QED) is 0.437. The Morgan fingerprint density at radius 1 is 1.53 bits per heavy atom. The highest BCUT2D eigenvalue weighted by Crippen LogP contribution is 2.29. The summed E-state index contributed by atoms with van der Waals surface area (Å²) < 4.78 is 17.9. The van der Waals surface area contributed by atoms with Crippen LogP contribution in [0.4, 0.5) is 10.1 Å². The van der Waals surface area contributed by atoms with Gasteiger partial charge < -0.3 is 4.74 Å². The molecule has 0 saturated heterocycles. The monoisotopic (exact) mass is 213 g/mol. The van der Waals surface area contributed by atoms with Gasteiger partial charge in [0.05, 0.1) is 23.7 Å². The minimum absolute atomic E-state index is 0.133. The van der Waals surface area contributed by atoms with Gasteiger partial charge in [-0.2, -0.15) is 0 Å². The van der Waals surface area contributed by atoms with Gasteiger partial charge in [0.25, 0.3) is 0 Å². The predicted molar refractivity (Wildman–Crippen MR) is 49.6 cm³/mol. The molecule has 0 aromatic heterocycles. The zero-order valence-corrected chi connectivity index (χ0v) is 8.11. The van der Waals surface area contributed by atoms with E-state index in [0.29, 0.717) is 6.07 Å². The minimum atomic E-state index is -0.921. The Balaban J connectivity index is 3.42. The molecule has 0 aliphatic carbocycles. The van der Waals surface area contributed by atoms with Gasteiger partial charge in [-0.15, -0.1) is 0 Å². The van der Waals surface area contributed by atoms with Crippen LogP contribution in [0.1, 0.15) is 17.3 Å². The first-order valence-corrected chi connectivity index (χ1v) is 4.00. The number of halogens is 1. The molecule has 0 spiro atoms. The number of carbonyl (C=O) groups excluding carboxylic acids is 1. The van der Waals surface area contributed by atoms with Crippen molar-refractivity contribution in [2.24, 2.45) is 0 Å². The minimum Gasteiger partial charge on any atom is -0.490 e. The molecule has 1 rings (SSSR count). The number of carbonyl (C=O) groups is 1. The number of rotatable bonds is 3. The van der Waals surface area contributed by atoms with Crippen molar-refractivity contribution in [1.29, 1.82) is 0 Å². The number of nitrogens with zero attached hydrogens (tertiary/aromatic N) is 1. The first-order valence-electron chi connectivity index (χ1n) is 4.00. The third kappa shape index (κ3) is 2.09. The third-order valence-electron chi connectivity index (χ3n) is 1.84. The number of benzene rings is 1. The Bertz CT molecular complexity index is 430. The van der Waals surface area contributed by atoms with Crippen molar-refractivity contribution in [3.63, 3.8) is 0 Å². The lowest BCUT2D eigenvalue weighted by Crippen LogP contribution is -2.01. The lowest BCUT2D eigenvalue weighted by atomic mass is 10.1. The maximum Gasteiger partial charge on any atom is 0.313 e. The second-order valence-corrected chi connectivity index (χ2v) is 2.82. The SMILES string of the molecule is COc1cc(C(C)=O)c(F)cc1[N+](=O)[O-]. The molecule has 0 amide bonds. The molecule has 0 fully saturated rings. The number of Topliss-reactive ketones (excluding diaryl/α,β-unsaturated/α-hetero) is 1. The van der Waals surface area contributed by atoms with E-state index in [1.54, 1.807) is 0 Å². The third-order valence-corrected chi connectivity index (χ3v) is 1.84. The van der Waals surface area contributed by atoms with Crippen molar-refractivity contribution in [2.75, 3.05) is 7.11 Å². The van der Waals surface area contributed by atoms with Gasteiger partial charge in [-0.3, -0.25) is 14.9 Å². The predicted octanol–water partition coefficient (Wildman–Crippen LogP) is 1.95. The van der Waals surface area contributed by atoms with E-state index >= 15 is 0 Å². The van der Waals surface area contributed by atoms with E-state index in [1.807, 2.05) is 0 Å².